The highest BCUT2D eigenvalue weighted by atomic mass is 33.1. The second-order valence-corrected chi connectivity index (χ2v) is 9.17. The number of aromatic nitrogens is 2. The molecule has 0 fully saturated rings. The lowest BCUT2D eigenvalue weighted by Gasteiger charge is -2.23. The molecule has 148 valence electrons. The van der Waals surface area contributed by atoms with Crippen LogP contribution in [0, 0.1) is 0 Å². The standard InChI is InChI=1S/C17H20N6O3S2/c1-17(2,11-20-15(24)9-21-22-18)28-27-14-5-3-13(4-6-14)10-26-16(25)23-8-7-19-12-23/h3-8,12H,9-11H2,1-2H3,(H,20,24). The van der Waals surface area contributed by atoms with E-state index in [2.05, 4.69) is 20.3 Å². The van der Waals surface area contributed by atoms with Gasteiger partial charge in [-0.3, -0.25) is 4.79 Å². The van der Waals surface area contributed by atoms with Crippen LogP contribution in [0.2, 0.25) is 0 Å². The Morgan fingerprint density at radius 1 is 1.36 bits per heavy atom. The summed E-state index contributed by atoms with van der Waals surface area (Å²) in [5.74, 6) is -0.300. The van der Waals surface area contributed by atoms with Crippen LogP contribution in [0.5, 0.6) is 0 Å². The fraction of sp³-hybridized carbons (Fsp3) is 0.353. The summed E-state index contributed by atoms with van der Waals surface area (Å²) < 4.78 is 6.27. The quantitative estimate of drug-likeness (QED) is 0.283. The summed E-state index contributed by atoms with van der Waals surface area (Å²) in [4.78, 5) is 30.7. The van der Waals surface area contributed by atoms with Gasteiger partial charge in [0.15, 0.2) is 0 Å². The number of carbonyl (C=O) groups excluding carboxylic acids is 2. The maximum Gasteiger partial charge on any atom is 0.419 e. The molecule has 9 nitrogen and oxygen atoms in total. The van der Waals surface area contributed by atoms with Crippen LogP contribution >= 0.6 is 21.6 Å². The van der Waals surface area contributed by atoms with E-state index in [1.54, 1.807) is 21.6 Å². The number of amides is 1. The summed E-state index contributed by atoms with van der Waals surface area (Å²) >= 11 is 0. The molecule has 0 spiro atoms. The van der Waals surface area contributed by atoms with Crippen LogP contribution in [0.3, 0.4) is 0 Å². The van der Waals surface area contributed by atoms with Gasteiger partial charge in [-0.1, -0.05) is 38.8 Å². The molecule has 0 saturated heterocycles. The summed E-state index contributed by atoms with van der Waals surface area (Å²) in [6.45, 7) is 4.46. The van der Waals surface area contributed by atoms with E-state index in [1.165, 1.54) is 23.3 Å². The highest BCUT2D eigenvalue weighted by Gasteiger charge is 2.20. The Bertz CT molecular complexity index is 833. The predicted molar refractivity (Wildman–Crippen MR) is 109 cm³/mol. The minimum Gasteiger partial charge on any atom is -0.444 e. The van der Waals surface area contributed by atoms with Gasteiger partial charge in [-0.15, -0.1) is 0 Å². The van der Waals surface area contributed by atoms with Gasteiger partial charge >= 0.3 is 6.09 Å². The minimum atomic E-state index is -0.476. The van der Waals surface area contributed by atoms with Crippen molar-refractivity contribution in [3.8, 4) is 0 Å². The molecular formula is C17H20N6O3S2. The molecule has 1 heterocycles. The Hall–Kier alpha value is -2.62. The highest BCUT2D eigenvalue weighted by Crippen LogP contribution is 2.40. The number of rotatable bonds is 9. The molecule has 0 aliphatic heterocycles. The number of nitrogens with zero attached hydrogens (tertiary/aromatic N) is 5. The van der Waals surface area contributed by atoms with Crippen LogP contribution in [0.15, 0.2) is 53.0 Å². The van der Waals surface area contributed by atoms with Gasteiger partial charge in [0.05, 0.1) is 0 Å². The van der Waals surface area contributed by atoms with Crippen LogP contribution in [0.1, 0.15) is 19.4 Å². The zero-order valence-electron chi connectivity index (χ0n) is 15.4. The molecule has 0 bridgehead atoms. The molecule has 1 amide bonds. The molecule has 0 aliphatic carbocycles. The molecule has 1 aromatic heterocycles. The fourth-order valence-electron chi connectivity index (χ4n) is 1.88. The zero-order chi connectivity index (χ0) is 20.4. The van der Waals surface area contributed by atoms with Crippen molar-refractivity contribution >= 4 is 33.6 Å². The van der Waals surface area contributed by atoms with Crippen molar-refractivity contribution in [3.05, 3.63) is 59.0 Å². The summed E-state index contributed by atoms with van der Waals surface area (Å²) in [6.07, 6.45) is 3.95. The summed E-state index contributed by atoms with van der Waals surface area (Å²) in [5, 5.41) is 5.98. The third-order valence-corrected chi connectivity index (χ3v) is 6.68. The number of imidazole rings is 1. The van der Waals surface area contributed by atoms with Crippen molar-refractivity contribution in [1.82, 2.24) is 14.9 Å². The second kappa shape index (κ2) is 10.6. The first-order valence-electron chi connectivity index (χ1n) is 8.27. The van der Waals surface area contributed by atoms with Gasteiger partial charge in [-0.25, -0.2) is 14.3 Å². The molecule has 11 heteroatoms. The number of benzene rings is 1. The van der Waals surface area contributed by atoms with Crippen molar-refractivity contribution in [2.75, 3.05) is 13.1 Å². The highest BCUT2D eigenvalue weighted by molar-refractivity contribution is 8.77. The molecule has 0 saturated carbocycles. The van der Waals surface area contributed by atoms with Gasteiger partial charge in [-0.05, 0) is 37.1 Å². The molecule has 1 N–H and O–H groups in total. The molecule has 0 aliphatic rings. The van der Waals surface area contributed by atoms with E-state index in [0.717, 1.165) is 10.5 Å². The van der Waals surface area contributed by atoms with Crippen LogP contribution in [-0.2, 0) is 16.1 Å². The molecule has 2 rings (SSSR count). The first-order chi connectivity index (χ1) is 13.4. The number of ether oxygens (including phenoxy) is 1. The Labute approximate surface area is 170 Å². The maximum absolute atomic E-state index is 11.8. The van der Waals surface area contributed by atoms with Crippen LogP contribution < -0.4 is 5.32 Å². The molecule has 0 radical (unpaired) electrons. The molecule has 0 atom stereocenters. The fourth-order valence-corrected chi connectivity index (χ4v) is 4.06. The van der Waals surface area contributed by atoms with Gasteiger partial charge in [-0.2, -0.15) is 0 Å². The van der Waals surface area contributed by atoms with Crippen molar-refractivity contribution < 1.29 is 14.3 Å². The van der Waals surface area contributed by atoms with Crippen LogP contribution in [0.4, 0.5) is 4.79 Å². The van der Waals surface area contributed by atoms with Crippen molar-refractivity contribution in [2.45, 2.75) is 30.1 Å². The minimum absolute atomic E-state index is 0.178. The van der Waals surface area contributed by atoms with E-state index in [9.17, 15) is 9.59 Å². The van der Waals surface area contributed by atoms with Gasteiger partial charge < -0.3 is 10.1 Å². The van der Waals surface area contributed by atoms with E-state index in [4.69, 9.17) is 10.3 Å². The van der Waals surface area contributed by atoms with E-state index in [1.807, 2.05) is 38.1 Å². The second-order valence-electron chi connectivity index (χ2n) is 6.26. The van der Waals surface area contributed by atoms with Crippen molar-refractivity contribution in [1.29, 1.82) is 0 Å². The monoisotopic (exact) mass is 420 g/mol. The molecule has 28 heavy (non-hydrogen) atoms. The number of azide groups is 1. The summed E-state index contributed by atoms with van der Waals surface area (Å²) in [6, 6.07) is 7.71. The number of hydrogen-bond donors (Lipinski definition) is 1. The topological polar surface area (TPSA) is 122 Å². The third-order valence-electron chi connectivity index (χ3n) is 3.35. The van der Waals surface area contributed by atoms with E-state index >= 15 is 0 Å². The van der Waals surface area contributed by atoms with E-state index in [-0.39, 0.29) is 23.8 Å². The third kappa shape index (κ3) is 7.55. The van der Waals surface area contributed by atoms with Crippen molar-refractivity contribution in [2.24, 2.45) is 5.11 Å². The first kappa shape index (κ1) is 21.7. The Morgan fingerprint density at radius 2 is 2.11 bits per heavy atom. The average molecular weight is 421 g/mol. The Kier molecular flexibility index (Phi) is 8.24. The van der Waals surface area contributed by atoms with Crippen LogP contribution in [-0.4, -0.2) is 39.4 Å². The van der Waals surface area contributed by atoms with Gasteiger partial charge in [0, 0.05) is 33.5 Å². The molecule has 0 unspecified atom stereocenters. The largest absolute Gasteiger partial charge is 0.444 e. The SMILES string of the molecule is CC(C)(CNC(=O)CN=[N+]=[N-])SSc1ccc(COC(=O)n2ccnc2)cc1. The molecule has 1 aromatic carbocycles. The summed E-state index contributed by atoms with van der Waals surface area (Å²) in [5.41, 5.74) is 9.10. The number of hydrogen-bond acceptors (Lipinski definition) is 7. The van der Waals surface area contributed by atoms with Gasteiger partial charge in [0.25, 0.3) is 0 Å². The smallest absolute Gasteiger partial charge is 0.419 e. The lowest BCUT2D eigenvalue weighted by atomic mass is 10.2. The molecule has 2 aromatic rings. The summed E-state index contributed by atoms with van der Waals surface area (Å²) in [7, 11) is 3.21. The Morgan fingerprint density at radius 3 is 2.75 bits per heavy atom. The van der Waals surface area contributed by atoms with Crippen LogP contribution in [0.25, 0.3) is 10.4 Å². The Balaban J connectivity index is 1.76. The normalized spacial score (nSPS) is 10.8. The van der Waals surface area contributed by atoms with Gasteiger partial charge in [0.2, 0.25) is 5.91 Å². The maximum atomic E-state index is 11.8. The predicted octanol–water partition coefficient (Wildman–Crippen LogP) is 4.01. The first-order valence-corrected chi connectivity index (χ1v) is 10.4. The average Bonchev–Trinajstić information content (AvgIpc) is 3.23. The van der Waals surface area contributed by atoms with E-state index in [0.29, 0.717) is 6.54 Å². The molecular weight excluding hydrogens is 400 g/mol. The lowest BCUT2D eigenvalue weighted by Crippen LogP contribution is -2.36. The number of carbonyl (C=O) groups is 2. The van der Waals surface area contributed by atoms with E-state index < -0.39 is 6.09 Å². The number of nitrogens with one attached hydrogen (secondary N) is 1. The van der Waals surface area contributed by atoms with Gasteiger partial charge in [0.1, 0.15) is 19.5 Å². The van der Waals surface area contributed by atoms with Crippen molar-refractivity contribution in [3.63, 3.8) is 0 Å². The lowest BCUT2D eigenvalue weighted by molar-refractivity contribution is -0.119. The zero-order valence-corrected chi connectivity index (χ0v) is 17.1.